The van der Waals surface area contributed by atoms with E-state index in [9.17, 15) is 22.4 Å². The summed E-state index contributed by atoms with van der Waals surface area (Å²) in [5, 5.41) is 2.49. The number of anilines is 1. The topological polar surface area (TPSA) is 102 Å². The van der Waals surface area contributed by atoms with Crippen LogP contribution in [0.2, 0.25) is 0 Å². The number of sulfonamides is 1. The second-order valence-corrected chi connectivity index (χ2v) is 8.06. The average molecular weight is 408 g/mol. The van der Waals surface area contributed by atoms with E-state index >= 15 is 0 Å². The fourth-order valence-electron chi connectivity index (χ4n) is 2.23. The standard InChI is InChI=1S/C19H21FN2O5S/c1-12(2)22-28(25,26)17-6-4-5-14(11-17)19(24)27-13(3)18(23)21-16-9-7-15(20)8-10-16/h4-13,22H,1-3H3,(H,21,23)/t13-/m1/s1. The van der Waals surface area contributed by atoms with Crippen molar-refractivity contribution in [2.45, 2.75) is 37.8 Å². The van der Waals surface area contributed by atoms with E-state index in [0.29, 0.717) is 5.69 Å². The van der Waals surface area contributed by atoms with Gasteiger partial charge in [-0.15, -0.1) is 0 Å². The molecule has 0 aromatic heterocycles. The van der Waals surface area contributed by atoms with E-state index in [2.05, 4.69) is 10.0 Å². The van der Waals surface area contributed by atoms with Crippen LogP contribution in [0.3, 0.4) is 0 Å². The number of nitrogens with one attached hydrogen (secondary N) is 2. The summed E-state index contributed by atoms with van der Waals surface area (Å²) < 4.78 is 44.9. The van der Waals surface area contributed by atoms with Gasteiger partial charge in [0.25, 0.3) is 5.91 Å². The minimum Gasteiger partial charge on any atom is -0.449 e. The Morgan fingerprint density at radius 2 is 1.68 bits per heavy atom. The molecule has 28 heavy (non-hydrogen) atoms. The molecule has 1 amide bonds. The number of hydrogen-bond acceptors (Lipinski definition) is 5. The van der Waals surface area contributed by atoms with Crippen molar-refractivity contribution in [3.63, 3.8) is 0 Å². The fourth-order valence-corrected chi connectivity index (χ4v) is 3.52. The van der Waals surface area contributed by atoms with E-state index in [1.54, 1.807) is 13.8 Å². The van der Waals surface area contributed by atoms with Gasteiger partial charge in [-0.3, -0.25) is 4.79 Å². The Labute approximate surface area is 163 Å². The zero-order chi connectivity index (χ0) is 20.9. The molecule has 0 spiro atoms. The highest BCUT2D eigenvalue weighted by molar-refractivity contribution is 7.89. The SMILES string of the molecule is CC(C)NS(=O)(=O)c1cccc(C(=O)O[C@H](C)C(=O)Nc2ccc(F)cc2)c1. The molecule has 150 valence electrons. The lowest BCUT2D eigenvalue weighted by molar-refractivity contribution is -0.123. The molecule has 0 bridgehead atoms. The lowest BCUT2D eigenvalue weighted by Gasteiger charge is -2.14. The Kier molecular flexibility index (Phi) is 6.87. The zero-order valence-corrected chi connectivity index (χ0v) is 16.4. The highest BCUT2D eigenvalue weighted by Gasteiger charge is 2.21. The molecule has 0 unspecified atom stereocenters. The maximum absolute atomic E-state index is 12.9. The Bertz CT molecular complexity index is 959. The first kappa shape index (κ1) is 21.5. The largest absolute Gasteiger partial charge is 0.449 e. The molecule has 0 heterocycles. The van der Waals surface area contributed by atoms with Gasteiger partial charge in [0, 0.05) is 11.7 Å². The highest BCUT2D eigenvalue weighted by Crippen LogP contribution is 2.14. The van der Waals surface area contributed by atoms with Crippen LogP contribution < -0.4 is 10.0 Å². The number of carbonyl (C=O) groups is 2. The average Bonchev–Trinajstić information content (AvgIpc) is 2.62. The molecule has 2 aromatic rings. The van der Waals surface area contributed by atoms with Crippen LogP contribution in [0.1, 0.15) is 31.1 Å². The Hall–Kier alpha value is -2.78. The molecule has 0 fully saturated rings. The first-order valence-corrected chi connectivity index (χ1v) is 9.96. The second kappa shape index (κ2) is 8.94. The summed E-state index contributed by atoms with van der Waals surface area (Å²) in [5.41, 5.74) is 0.343. The summed E-state index contributed by atoms with van der Waals surface area (Å²) in [6.07, 6.45) is -1.15. The molecule has 0 aliphatic carbocycles. The van der Waals surface area contributed by atoms with Gasteiger partial charge in [-0.2, -0.15) is 0 Å². The molecule has 2 rings (SSSR count). The van der Waals surface area contributed by atoms with Gasteiger partial charge >= 0.3 is 5.97 Å². The number of benzene rings is 2. The third-order valence-electron chi connectivity index (χ3n) is 3.54. The highest BCUT2D eigenvalue weighted by atomic mass is 32.2. The van der Waals surface area contributed by atoms with Crippen molar-refractivity contribution in [2.24, 2.45) is 0 Å². The third kappa shape index (κ3) is 5.86. The normalized spacial score (nSPS) is 12.5. The van der Waals surface area contributed by atoms with E-state index in [1.165, 1.54) is 55.5 Å². The van der Waals surface area contributed by atoms with Crippen LogP contribution in [0.15, 0.2) is 53.4 Å². The maximum Gasteiger partial charge on any atom is 0.338 e. The summed E-state index contributed by atoms with van der Waals surface area (Å²) in [5.74, 6) is -1.90. The summed E-state index contributed by atoms with van der Waals surface area (Å²) in [6.45, 7) is 4.73. The quantitative estimate of drug-likeness (QED) is 0.686. The monoisotopic (exact) mass is 408 g/mol. The fraction of sp³-hybridized carbons (Fsp3) is 0.263. The molecule has 0 aliphatic heterocycles. The van der Waals surface area contributed by atoms with Crippen LogP contribution in [0, 0.1) is 5.82 Å². The van der Waals surface area contributed by atoms with Gasteiger partial charge in [0.2, 0.25) is 10.0 Å². The van der Waals surface area contributed by atoms with Crippen LogP contribution in [-0.2, 0) is 19.6 Å². The minimum absolute atomic E-state index is 0.00642. The van der Waals surface area contributed by atoms with Gasteiger partial charge in [-0.25, -0.2) is 22.3 Å². The second-order valence-electron chi connectivity index (χ2n) is 6.35. The molecule has 9 heteroatoms. The Morgan fingerprint density at radius 3 is 2.29 bits per heavy atom. The lowest BCUT2D eigenvalue weighted by atomic mass is 10.2. The minimum atomic E-state index is -3.77. The molecule has 7 nitrogen and oxygen atoms in total. The van der Waals surface area contributed by atoms with Gasteiger partial charge in [0.05, 0.1) is 10.5 Å². The van der Waals surface area contributed by atoms with Crippen LogP contribution >= 0.6 is 0 Å². The first-order chi connectivity index (χ1) is 13.1. The molecule has 0 saturated carbocycles. The smallest absolute Gasteiger partial charge is 0.338 e. The number of carbonyl (C=O) groups excluding carboxylic acids is 2. The van der Waals surface area contributed by atoms with Crippen molar-refractivity contribution in [1.29, 1.82) is 0 Å². The number of amides is 1. The summed E-state index contributed by atoms with van der Waals surface area (Å²) >= 11 is 0. The first-order valence-electron chi connectivity index (χ1n) is 8.48. The Balaban J connectivity index is 2.06. The van der Waals surface area contributed by atoms with E-state index in [1.807, 2.05) is 0 Å². The molecule has 0 saturated heterocycles. The predicted molar refractivity (Wildman–Crippen MR) is 102 cm³/mol. The van der Waals surface area contributed by atoms with Gasteiger partial charge in [-0.05, 0) is 63.2 Å². The van der Waals surface area contributed by atoms with Crippen molar-refractivity contribution < 1.29 is 27.1 Å². The van der Waals surface area contributed by atoms with Crippen molar-refractivity contribution >= 4 is 27.6 Å². The summed E-state index contributed by atoms with van der Waals surface area (Å²) in [7, 11) is -3.77. The van der Waals surface area contributed by atoms with Crippen LogP contribution in [0.5, 0.6) is 0 Å². The van der Waals surface area contributed by atoms with E-state index in [4.69, 9.17) is 4.74 Å². The molecule has 0 radical (unpaired) electrons. The molecular weight excluding hydrogens is 387 g/mol. The van der Waals surface area contributed by atoms with E-state index < -0.39 is 33.8 Å². The lowest BCUT2D eigenvalue weighted by Crippen LogP contribution is -2.31. The predicted octanol–water partition coefficient (Wildman–Crippen LogP) is 2.70. The number of ether oxygens (including phenoxy) is 1. The summed E-state index contributed by atoms with van der Waals surface area (Å²) in [4.78, 5) is 24.3. The number of hydrogen-bond donors (Lipinski definition) is 2. The number of esters is 1. The Morgan fingerprint density at radius 1 is 1.04 bits per heavy atom. The van der Waals surface area contributed by atoms with Gasteiger partial charge in [-0.1, -0.05) is 6.07 Å². The van der Waals surface area contributed by atoms with E-state index in [-0.39, 0.29) is 16.5 Å². The molecule has 2 aromatic carbocycles. The van der Waals surface area contributed by atoms with Gasteiger partial charge in [0.15, 0.2) is 6.10 Å². The molecule has 2 N–H and O–H groups in total. The van der Waals surface area contributed by atoms with Crippen molar-refractivity contribution in [2.75, 3.05) is 5.32 Å². The molecule has 0 aliphatic rings. The van der Waals surface area contributed by atoms with Crippen molar-refractivity contribution in [3.05, 3.63) is 59.9 Å². The van der Waals surface area contributed by atoms with Crippen molar-refractivity contribution in [1.82, 2.24) is 4.72 Å². The molecule has 1 atom stereocenters. The molecular formula is C19H21FN2O5S. The zero-order valence-electron chi connectivity index (χ0n) is 15.6. The van der Waals surface area contributed by atoms with Crippen LogP contribution in [0.4, 0.5) is 10.1 Å². The van der Waals surface area contributed by atoms with Gasteiger partial charge in [0.1, 0.15) is 5.82 Å². The maximum atomic E-state index is 12.9. The third-order valence-corrected chi connectivity index (χ3v) is 5.19. The van der Waals surface area contributed by atoms with Crippen molar-refractivity contribution in [3.8, 4) is 0 Å². The van der Waals surface area contributed by atoms with Gasteiger partial charge < -0.3 is 10.1 Å². The van der Waals surface area contributed by atoms with Crippen LogP contribution in [-0.4, -0.2) is 32.4 Å². The number of rotatable bonds is 7. The number of halogens is 1. The van der Waals surface area contributed by atoms with E-state index in [0.717, 1.165) is 0 Å². The van der Waals surface area contributed by atoms with Crippen LogP contribution in [0.25, 0.3) is 0 Å². The summed E-state index contributed by atoms with van der Waals surface area (Å²) in [6, 6.07) is 10.1.